The summed E-state index contributed by atoms with van der Waals surface area (Å²) >= 11 is 0. The van der Waals surface area contributed by atoms with Crippen molar-refractivity contribution in [1.82, 2.24) is 5.32 Å². The molecule has 160 valence electrons. The molecule has 1 atom stereocenters. The van der Waals surface area contributed by atoms with Crippen LogP contribution in [0.2, 0.25) is 0 Å². The molecule has 0 bridgehead atoms. The third kappa shape index (κ3) is 21.4. The van der Waals surface area contributed by atoms with Crippen molar-refractivity contribution in [2.75, 3.05) is 13.2 Å². The lowest BCUT2D eigenvalue weighted by Crippen LogP contribution is -2.34. The van der Waals surface area contributed by atoms with Crippen molar-refractivity contribution in [3.05, 3.63) is 12.2 Å². The molecule has 0 aromatic rings. The average molecular weight is 407 g/mol. The molecule has 0 spiro atoms. The monoisotopic (exact) mass is 407 g/mol. The molecule has 0 aliphatic rings. The number of phosphoric acid groups is 1. The second-order valence-electron chi connectivity index (χ2n) is 6.87. The molecule has 0 aliphatic heterocycles. The van der Waals surface area contributed by atoms with Crippen LogP contribution >= 0.6 is 7.82 Å². The Hall–Kier alpha value is -0.720. The number of unbranched alkanes of at least 4 members (excludes halogenated alkanes) is 9. The minimum Gasteiger partial charge on any atom is -0.389 e. The normalized spacial score (nSPS) is 13.2. The highest BCUT2D eigenvalue weighted by molar-refractivity contribution is 7.46. The van der Waals surface area contributed by atoms with E-state index >= 15 is 0 Å². The zero-order valence-corrected chi connectivity index (χ0v) is 17.5. The van der Waals surface area contributed by atoms with Crippen LogP contribution in [0.3, 0.4) is 0 Å². The Balaban J connectivity index is 3.41. The second-order valence-corrected chi connectivity index (χ2v) is 8.11. The Morgan fingerprint density at radius 3 is 2.15 bits per heavy atom. The zero-order valence-electron chi connectivity index (χ0n) is 16.6. The lowest BCUT2D eigenvalue weighted by molar-refractivity contribution is -0.121. The summed E-state index contributed by atoms with van der Waals surface area (Å²) in [6.07, 6.45) is 16.6. The van der Waals surface area contributed by atoms with Crippen LogP contribution in [-0.4, -0.2) is 40.1 Å². The Labute approximate surface area is 163 Å². The predicted molar refractivity (Wildman–Crippen MR) is 107 cm³/mol. The van der Waals surface area contributed by atoms with Gasteiger partial charge in [-0.25, -0.2) is 4.57 Å². The highest BCUT2D eigenvalue weighted by Crippen LogP contribution is 2.35. The van der Waals surface area contributed by atoms with Crippen molar-refractivity contribution in [2.45, 2.75) is 90.1 Å². The van der Waals surface area contributed by atoms with E-state index < -0.39 is 20.5 Å². The van der Waals surface area contributed by atoms with E-state index in [-0.39, 0.29) is 12.5 Å². The number of aliphatic hydroxyl groups excluding tert-OH is 1. The number of carbonyl (C=O) groups excluding carboxylic acids is 1. The van der Waals surface area contributed by atoms with Gasteiger partial charge < -0.3 is 20.2 Å². The Morgan fingerprint density at radius 2 is 1.56 bits per heavy atom. The maximum absolute atomic E-state index is 11.6. The third-order valence-electron chi connectivity index (χ3n) is 4.14. The van der Waals surface area contributed by atoms with Crippen molar-refractivity contribution in [2.24, 2.45) is 0 Å². The third-order valence-corrected chi connectivity index (χ3v) is 4.62. The topological polar surface area (TPSA) is 116 Å². The molecule has 0 saturated heterocycles. The number of carbonyl (C=O) groups is 1. The van der Waals surface area contributed by atoms with E-state index in [9.17, 15) is 14.5 Å². The van der Waals surface area contributed by atoms with Gasteiger partial charge in [-0.15, -0.1) is 0 Å². The summed E-state index contributed by atoms with van der Waals surface area (Å²) in [5, 5.41) is 12.0. The van der Waals surface area contributed by atoms with Gasteiger partial charge in [-0.3, -0.25) is 9.32 Å². The molecule has 27 heavy (non-hydrogen) atoms. The number of rotatable bonds is 18. The van der Waals surface area contributed by atoms with Gasteiger partial charge in [0.25, 0.3) is 0 Å². The number of amides is 1. The molecule has 7 nitrogen and oxygen atoms in total. The van der Waals surface area contributed by atoms with Crippen molar-refractivity contribution < 1.29 is 28.8 Å². The summed E-state index contributed by atoms with van der Waals surface area (Å²) in [5.41, 5.74) is 0. The molecule has 8 heteroatoms. The zero-order chi connectivity index (χ0) is 20.4. The van der Waals surface area contributed by atoms with E-state index in [4.69, 9.17) is 9.79 Å². The van der Waals surface area contributed by atoms with Gasteiger partial charge in [0.1, 0.15) is 0 Å². The van der Waals surface area contributed by atoms with Gasteiger partial charge in [0, 0.05) is 13.0 Å². The number of hydrogen-bond acceptors (Lipinski definition) is 4. The van der Waals surface area contributed by atoms with Gasteiger partial charge in [-0.05, 0) is 32.1 Å². The first-order chi connectivity index (χ1) is 12.8. The molecule has 0 heterocycles. The molecular weight excluding hydrogens is 369 g/mol. The number of phosphoric ester groups is 1. The summed E-state index contributed by atoms with van der Waals surface area (Å²) in [4.78, 5) is 28.7. The van der Waals surface area contributed by atoms with Crippen LogP contribution in [-0.2, 0) is 13.9 Å². The number of aliphatic hydroxyl groups is 1. The van der Waals surface area contributed by atoms with Crippen molar-refractivity contribution in [1.29, 1.82) is 0 Å². The minimum absolute atomic E-state index is 0.0797. The molecule has 4 N–H and O–H groups in total. The summed E-state index contributed by atoms with van der Waals surface area (Å²) < 4.78 is 14.7. The molecular formula is C19H38NO6P. The van der Waals surface area contributed by atoms with Crippen LogP contribution in [0.25, 0.3) is 0 Å². The molecule has 0 aromatic heterocycles. The standard InChI is InChI=1S/C19H38NO6P/c1-2-3-4-5-6-7-8-9-10-11-12-13-14-15-19(22)20-16-18(21)17-26-27(23,24)25/h7-8,18,21H,2-6,9-17H2,1H3,(H,20,22)(H2,23,24,25)/b8-7-. The van der Waals surface area contributed by atoms with Crippen molar-refractivity contribution in [3.8, 4) is 0 Å². The highest BCUT2D eigenvalue weighted by Gasteiger charge is 2.17. The SMILES string of the molecule is CCCCCC/C=C\CCCCCCCC(=O)NCC(O)COP(=O)(O)O. The second kappa shape index (κ2) is 17.4. The largest absolute Gasteiger partial charge is 0.469 e. The molecule has 0 saturated carbocycles. The van der Waals surface area contributed by atoms with Crippen LogP contribution < -0.4 is 5.32 Å². The van der Waals surface area contributed by atoms with E-state index in [1.807, 2.05) is 0 Å². The highest BCUT2D eigenvalue weighted by atomic mass is 31.2. The number of hydrogen-bond donors (Lipinski definition) is 4. The maximum Gasteiger partial charge on any atom is 0.469 e. The molecule has 1 unspecified atom stereocenters. The average Bonchev–Trinajstić information content (AvgIpc) is 2.61. The molecule has 1 amide bonds. The fourth-order valence-corrected chi connectivity index (χ4v) is 2.93. The summed E-state index contributed by atoms with van der Waals surface area (Å²) in [7, 11) is -4.59. The molecule has 0 fully saturated rings. The Morgan fingerprint density at radius 1 is 1.00 bits per heavy atom. The molecule has 0 rings (SSSR count). The summed E-state index contributed by atoms with van der Waals surface area (Å²) in [5.74, 6) is -0.170. The Kier molecular flexibility index (Phi) is 16.9. The smallest absolute Gasteiger partial charge is 0.389 e. The van der Waals surface area contributed by atoms with Crippen LogP contribution in [0, 0.1) is 0 Å². The van der Waals surface area contributed by atoms with E-state index in [1.54, 1.807) is 0 Å². The van der Waals surface area contributed by atoms with E-state index in [1.165, 1.54) is 44.9 Å². The lowest BCUT2D eigenvalue weighted by Gasteiger charge is -2.12. The van der Waals surface area contributed by atoms with E-state index in [0.29, 0.717) is 6.42 Å². The first kappa shape index (κ1) is 26.3. The first-order valence-corrected chi connectivity index (χ1v) is 11.7. The number of nitrogens with one attached hydrogen (secondary N) is 1. The van der Waals surface area contributed by atoms with Crippen LogP contribution in [0.5, 0.6) is 0 Å². The minimum atomic E-state index is -4.59. The summed E-state index contributed by atoms with van der Waals surface area (Å²) in [6, 6.07) is 0. The van der Waals surface area contributed by atoms with Gasteiger partial charge in [0.15, 0.2) is 0 Å². The molecule has 0 aromatic carbocycles. The Bertz CT molecular complexity index is 438. The van der Waals surface area contributed by atoms with Crippen LogP contribution in [0.15, 0.2) is 12.2 Å². The molecule has 0 radical (unpaired) electrons. The van der Waals surface area contributed by atoms with Gasteiger partial charge >= 0.3 is 7.82 Å². The van der Waals surface area contributed by atoms with E-state index in [2.05, 4.69) is 28.9 Å². The van der Waals surface area contributed by atoms with Gasteiger partial charge in [-0.2, -0.15) is 0 Å². The lowest BCUT2D eigenvalue weighted by atomic mass is 10.1. The van der Waals surface area contributed by atoms with Gasteiger partial charge in [-0.1, -0.05) is 57.6 Å². The van der Waals surface area contributed by atoms with Gasteiger partial charge in [0.05, 0.1) is 12.7 Å². The predicted octanol–water partition coefficient (Wildman–Crippen LogP) is 3.83. The fourth-order valence-electron chi connectivity index (χ4n) is 2.56. The number of allylic oxidation sites excluding steroid dienone is 2. The maximum atomic E-state index is 11.6. The molecule has 0 aliphatic carbocycles. The summed E-state index contributed by atoms with van der Waals surface area (Å²) in [6.45, 7) is 1.63. The van der Waals surface area contributed by atoms with Crippen molar-refractivity contribution in [3.63, 3.8) is 0 Å². The van der Waals surface area contributed by atoms with Crippen molar-refractivity contribution >= 4 is 13.7 Å². The van der Waals surface area contributed by atoms with Gasteiger partial charge in [0.2, 0.25) is 5.91 Å². The van der Waals surface area contributed by atoms with Crippen LogP contribution in [0.4, 0.5) is 0 Å². The fraction of sp³-hybridized carbons (Fsp3) is 0.842. The van der Waals surface area contributed by atoms with E-state index in [0.717, 1.165) is 25.7 Å². The quantitative estimate of drug-likeness (QED) is 0.156. The van der Waals surface area contributed by atoms with Crippen LogP contribution in [0.1, 0.15) is 84.0 Å². The first-order valence-electron chi connectivity index (χ1n) is 10.1.